The van der Waals surface area contributed by atoms with Crippen LogP contribution in [-0.4, -0.2) is 76.5 Å². The molecule has 3 fully saturated rings. The van der Waals surface area contributed by atoms with Crippen LogP contribution in [0.1, 0.15) is 31.2 Å². The number of aryl methyl sites for hydroxylation is 1. The lowest BCUT2D eigenvalue weighted by Crippen LogP contribution is -2.51. The van der Waals surface area contributed by atoms with E-state index >= 15 is 8.78 Å². The lowest BCUT2D eigenvalue weighted by atomic mass is 9.95. The molecule has 0 radical (unpaired) electrons. The van der Waals surface area contributed by atoms with Crippen LogP contribution >= 0.6 is 0 Å². The number of nitrogens with zero attached hydrogens (tertiary/aromatic N) is 5. The van der Waals surface area contributed by atoms with Crippen LogP contribution in [0.15, 0.2) is 24.4 Å². The minimum Gasteiger partial charge on any atom is -0.462 e. The van der Waals surface area contributed by atoms with E-state index in [2.05, 4.69) is 37.3 Å². The molecule has 2 bridgehead atoms. The Kier molecular flexibility index (Phi) is 5.70. The minimum atomic E-state index is -0.707. The van der Waals surface area contributed by atoms with Crippen molar-refractivity contribution in [2.75, 3.05) is 38.2 Å². The summed E-state index contributed by atoms with van der Waals surface area (Å²) in [6.45, 7) is 4.76. The second-order valence-corrected chi connectivity index (χ2v) is 11.0. The van der Waals surface area contributed by atoms with Crippen molar-refractivity contribution in [3.8, 4) is 17.1 Å². The molecular formula is C28H31F2N7O. The number of halogens is 2. The predicted molar refractivity (Wildman–Crippen MR) is 143 cm³/mol. The molecule has 8 nitrogen and oxygen atoms in total. The van der Waals surface area contributed by atoms with E-state index in [0.29, 0.717) is 46.4 Å². The van der Waals surface area contributed by atoms with E-state index in [1.165, 1.54) is 6.07 Å². The SMILES string of the molecule is Cc1ccc2[nH]ncc2c1-c1c(F)cc2c(N3C[C@H]4CC[C@@H](C3)N4)nc(OC[C@@H]3CCCN3C)nc2c1F. The van der Waals surface area contributed by atoms with Crippen LogP contribution in [0.5, 0.6) is 6.01 Å². The van der Waals surface area contributed by atoms with Gasteiger partial charge in [-0.2, -0.15) is 15.1 Å². The Balaban J connectivity index is 1.39. The fourth-order valence-electron chi connectivity index (χ4n) is 6.48. The monoisotopic (exact) mass is 519 g/mol. The van der Waals surface area contributed by atoms with Gasteiger partial charge < -0.3 is 19.9 Å². The molecule has 0 spiro atoms. The van der Waals surface area contributed by atoms with E-state index in [-0.39, 0.29) is 23.1 Å². The first-order chi connectivity index (χ1) is 18.5. The van der Waals surface area contributed by atoms with Crippen LogP contribution in [0.3, 0.4) is 0 Å². The molecule has 38 heavy (non-hydrogen) atoms. The molecule has 10 heteroatoms. The first-order valence-corrected chi connectivity index (χ1v) is 13.4. The number of rotatable bonds is 5. The zero-order valence-electron chi connectivity index (χ0n) is 21.6. The zero-order valence-corrected chi connectivity index (χ0v) is 21.6. The van der Waals surface area contributed by atoms with Gasteiger partial charge in [-0.1, -0.05) is 6.07 Å². The highest BCUT2D eigenvalue weighted by atomic mass is 19.1. The van der Waals surface area contributed by atoms with Crippen LogP contribution in [0, 0.1) is 18.6 Å². The molecule has 0 amide bonds. The minimum absolute atomic E-state index is 0.0759. The van der Waals surface area contributed by atoms with Crippen molar-refractivity contribution in [2.24, 2.45) is 0 Å². The molecule has 3 aliphatic rings. The highest BCUT2D eigenvalue weighted by Gasteiger charge is 2.35. The maximum Gasteiger partial charge on any atom is 0.319 e. The van der Waals surface area contributed by atoms with Gasteiger partial charge in [-0.3, -0.25) is 5.10 Å². The molecule has 2 aromatic heterocycles. The van der Waals surface area contributed by atoms with E-state index in [9.17, 15) is 0 Å². The average Bonchev–Trinajstić information content (AvgIpc) is 3.63. The Morgan fingerprint density at radius 1 is 1.05 bits per heavy atom. The lowest BCUT2D eigenvalue weighted by molar-refractivity contribution is 0.188. The van der Waals surface area contributed by atoms with Crippen molar-refractivity contribution in [3.63, 3.8) is 0 Å². The van der Waals surface area contributed by atoms with Gasteiger partial charge in [0.2, 0.25) is 0 Å². The number of benzene rings is 2. The third-order valence-corrected chi connectivity index (χ3v) is 8.52. The van der Waals surface area contributed by atoms with Crippen LogP contribution in [0.4, 0.5) is 14.6 Å². The molecule has 4 aromatic rings. The zero-order chi connectivity index (χ0) is 26.0. The molecule has 0 saturated carbocycles. The first-order valence-electron chi connectivity index (χ1n) is 13.4. The van der Waals surface area contributed by atoms with Gasteiger partial charge in [-0.05, 0) is 63.9 Å². The molecular weight excluding hydrogens is 488 g/mol. The molecule has 3 aliphatic heterocycles. The van der Waals surface area contributed by atoms with Crippen LogP contribution in [0.25, 0.3) is 32.9 Å². The third kappa shape index (κ3) is 3.89. The van der Waals surface area contributed by atoms with Gasteiger partial charge in [-0.25, -0.2) is 8.78 Å². The quantitative estimate of drug-likeness (QED) is 0.410. The number of H-pyrrole nitrogens is 1. The van der Waals surface area contributed by atoms with Crippen LogP contribution < -0.4 is 15.0 Å². The van der Waals surface area contributed by atoms with Gasteiger partial charge in [0.15, 0.2) is 5.82 Å². The molecule has 7 rings (SSSR count). The summed E-state index contributed by atoms with van der Waals surface area (Å²) in [4.78, 5) is 13.7. The molecule has 2 aromatic carbocycles. The second-order valence-electron chi connectivity index (χ2n) is 11.0. The number of piperazine rings is 1. The highest BCUT2D eigenvalue weighted by Crippen LogP contribution is 2.40. The summed E-state index contributed by atoms with van der Waals surface area (Å²) in [6, 6.07) is 6.17. The molecule has 198 valence electrons. The number of fused-ring (bicyclic) bond motifs is 4. The normalized spacial score (nSPS) is 23.7. The Morgan fingerprint density at radius 2 is 1.87 bits per heavy atom. The number of hydrogen-bond donors (Lipinski definition) is 2. The topological polar surface area (TPSA) is 82.2 Å². The highest BCUT2D eigenvalue weighted by molar-refractivity contribution is 6.00. The summed E-state index contributed by atoms with van der Waals surface area (Å²) in [5, 5.41) is 11.6. The van der Waals surface area contributed by atoms with E-state index < -0.39 is 11.6 Å². The fraction of sp³-hybridized carbons (Fsp3) is 0.464. The Hall–Kier alpha value is -3.37. The predicted octanol–water partition coefficient (Wildman–Crippen LogP) is 4.17. The van der Waals surface area contributed by atoms with Gasteiger partial charge in [0, 0.05) is 47.6 Å². The number of aromatic amines is 1. The number of aromatic nitrogens is 4. The van der Waals surface area contributed by atoms with Gasteiger partial charge in [0.05, 0.1) is 17.3 Å². The lowest BCUT2D eigenvalue weighted by Gasteiger charge is -2.34. The summed E-state index contributed by atoms with van der Waals surface area (Å²) in [6.07, 6.45) is 5.93. The van der Waals surface area contributed by atoms with Crippen molar-refractivity contribution in [3.05, 3.63) is 41.6 Å². The summed E-state index contributed by atoms with van der Waals surface area (Å²) in [5.74, 6) is -0.817. The molecule has 5 heterocycles. The van der Waals surface area contributed by atoms with Crippen molar-refractivity contribution >= 4 is 27.6 Å². The average molecular weight is 520 g/mol. The summed E-state index contributed by atoms with van der Waals surface area (Å²) in [7, 11) is 2.08. The largest absolute Gasteiger partial charge is 0.462 e. The molecule has 0 aliphatic carbocycles. The van der Waals surface area contributed by atoms with E-state index in [0.717, 1.165) is 50.9 Å². The van der Waals surface area contributed by atoms with Crippen molar-refractivity contribution < 1.29 is 13.5 Å². The number of likely N-dealkylation sites (N-methyl/N-ethyl adjacent to an activating group) is 1. The second kappa shape index (κ2) is 9.13. The number of likely N-dealkylation sites (tertiary alicyclic amines) is 1. The number of nitrogens with one attached hydrogen (secondary N) is 2. The first kappa shape index (κ1) is 23.7. The standard InChI is InChI=1S/C28H31F2N7O/c1-15-5-8-22-20(11-31-35-22)23(15)24-21(29)10-19-26(25(24)30)33-28(38-14-18-4-3-9-36(18)2)34-27(19)37-12-16-6-7-17(13-37)32-16/h5,8,10-11,16-18,32H,3-4,6-7,9,12-14H2,1-2H3,(H,31,35)/t16-,17+,18-/m0/s1. The molecule has 3 atom stereocenters. The number of hydrogen-bond acceptors (Lipinski definition) is 7. The van der Waals surface area contributed by atoms with Crippen molar-refractivity contribution in [1.82, 2.24) is 30.4 Å². The van der Waals surface area contributed by atoms with E-state index in [4.69, 9.17) is 9.72 Å². The third-order valence-electron chi connectivity index (χ3n) is 8.52. The van der Waals surface area contributed by atoms with E-state index in [1.54, 1.807) is 6.20 Å². The Bertz CT molecular complexity index is 1530. The van der Waals surface area contributed by atoms with Gasteiger partial charge >= 0.3 is 6.01 Å². The summed E-state index contributed by atoms with van der Waals surface area (Å²) >= 11 is 0. The smallest absolute Gasteiger partial charge is 0.319 e. The Labute approximate surface area is 219 Å². The maximum atomic E-state index is 16.5. The number of ether oxygens (including phenoxy) is 1. The summed E-state index contributed by atoms with van der Waals surface area (Å²) < 4.78 is 38.5. The van der Waals surface area contributed by atoms with E-state index in [1.807, 2.05) is 19.1 Å². The maximum absolute atomic E-state index is 16.5. The van der Waals surface area contributed by atoms with Crippen LogP contribution in [-0.2, 0) is 0 Å². The number of anilines is 1. The fourth-order valence-corrected chi connectivity index (χ4v) is 6.48. The summed E-state index contributed by atoms with van der Waals surface area (Å²) in [5.41, 5.74) is 1.92. The molecule has 2 N–H and O–H groups in total. The van der Waals surface area contributed by atoms with Gasteiger partial charge in [-0.15, -0.1) is 0 Å². The molecule has 3 saturated heterocycles. The van der Waals surface area contributed by atoms with Crippen molar-refractivity contribution in [2.45, 2.75) is 50.7 Å². The van der Waals surface area contributed by atoms with Gasteiger partial charge in [0.25, 0.3) is 0 Å². The Morgan fingerprint density at radius 3 is 2.63 bits per heavy atom. The van der Waals surface area contributed by atoms with Gasteiger partial charge in [0.1, 0.15) is 23.8 Å². The molecule has 0 unspecified atom stereocenters. The van der Waals surface area contributed by atoms with Crippen molar-refractivity contribution in [1.29, 1.82) is 0 Å². The van der Waals surface area contributed by atoms with Crippen LogP contribution in [0.2, 0.25) is 0 Å².